The first-order valence-electron chi connectivity index (χ1n) is 5.91. The highest BCUT2D eigenvalue weighted by Crippen LogP contribution is 2.22. The second-order valence-corrected chi connectivity index (χ2v) is 6.45. The quantitative estimate of drug-likeness (QED) is 0.825. The zero-order chi connectivity index (χ0) is 14.4. The maximum absolute atomic E-state index is 9.84. The van der Waals surface area contributed by atoms with Crippen molar-refractivity contribution in [1.82, 2.24) is 10.2 Å². The molecule has 5 nitrogen and oxygen atoms in total. The van der Waals surface area contributed by atoms with Gasteiger partial charge in [0.15, 0.2) is 4.34 Å². The van der Waals surface area contributed by atoms with Gasteiger partial charge in [0.05, 0.1) is 17.7 Å². The Balaban J connectivity index is 1.74. The number of thioether (sulfide) groups is 1. The van der Waals surface area contributed by atoms with Crippen LogP contribution >= 0.6 is 23.1 Å². The molecule has 2 rings (SSSR count). The summed E-state index contributed by atoms with van der Waals surface area (Å²) in [4.78, 5) is 0. The summed E-state index contributed by atoms with van der Waals surface area (Å²) >= 11 is 2.97. The van der Waals surface area contributed by atoms with Crippen LogP contribution in [0.2, 0.25) is 0 Å². The minimum atomic E-state index is -0.583. The summed E-state index contributed by atoms with van der Waals surface area (Å²) in [5.74, 6) is 1.14. The molecule has 7 heteroatoms. The van der Waals surface area contributed by atoms with E-state index >= 15 is 0 Å². The standard InChI is InChI=1S/C13H13N3O2S2/c1-9-15-16-13(20-9)19-8-11(17)7-18-12-4-2-10(6-14)3-5-12/h2-5,11,17H,7-8H2,1H3/t11-/m0/s1. The minimum Gasteiger partial charge on any atom is -0.491 e. The molecule has 0 saturated heterocycles. The van der Waals surface area contributed by atoms with Crippen LogP contribution in [0.1, 0.15) is 10.6 Å². The fraction of sp³-hybridized carbons (Fsp3) is 0.308. The van der Waals surface area contributed by atoms with Crippen LogP contribution in [0, 0.1) is 18.3 Å². The van der Waals surface area contributed by atoms with Crippen LogP contribution in [0.5, 0.6) is 5.75 Å². The molecule has 1 heterocycles. The number of hydrogen-bond donors (Lipinski definition) is 1. The monoisotopic (exact) mass is 307 g/mol. The van der Waals surface area contributed by atoms with Gasteiger partial charge < -0.3 is 9.84 Å². The highest BCUT2D eigenvalue weighted by molar-refractivity contribution is 8.01. The maximum Gasteiger partial charge on any atom is 0.174 e. The number of aliphatic hydroxyl groups excluding tert-OH is 1. The molecular formula is C13H13N3O2S2. The summed E-state index contributed by atoms with van der Waals surface area (Å²) in [5, 5.41) is 27.3. The first-order chi connectivity index (χ1) is 9.67. The van der Waals surface area contributed by atoms with Gasteiger partial charge in [-0.15, -0.1) is 10.2 Å². The van der Waals surface area contributed by atoms with Crippen molar-refractivity contribution in [3.8, 4) is 11.8 Å². The molecule has 20 heavy (non-hydrogen) atoms. The Hall–Kier alpha value is -1.62. The molecule has 0 saturated carbocycles. The lowest BCUT2D eigenvalue weighted by molar-refractivity contribution is 0.126. The lowest BCUT2D eigenvalue weighted by Gasteiger charge is -2.11. The van der Waals surface area contributed by atoms with Gasteiger partial charge in [-0.2, -0.15) is 5.26 Å². The Morgan fingerprint density at radius 2 is 2.15 bits per heavy atom. The fourth-order valence-electron chi connectivity index (χ4n) is 1.37. The van der Waals surface area contributed by atoms with Crippen molar-refractivity contribution in [2.75, 3.05) is 12.4 Å². The van der Waals surface area contributed by atoms with Crippen LogP contribution in [0.4, 0.5) is 0 Å². The lowest BCUT2D eigenvalue weighted by atomic mass is 10.2. The Kier molecular flexibility index (Phi) is 5.35. The van der Waals surface area contributed by atoms with E-state index in [1.54, 1.807) is 24.3 Å². The summed E-state index contributed by atoms with van der Waals surface area (Å²) in [6, 6.07) is 8.83. The van der Waals surface area contributed by atoms with E-state index in [1.165, 1.54) is 23.1 Å². The van der Waals surface area contributed by atoms with Crippen molar-refractivity contribution in [3.63, 3.8) is 0 Å². The number of hydrogen-bond acceptors (Lipinski definition) is 7. The van der Waals surface area contributed by atoms with Gasteiger partial charge in [0.25, 0.3) is 0 Å². The van der Waals surface area contributed by atoms with E-state index in [0.29, 0.717) is 17.1 Å². The Labute approximate surface area is 125 Å². The number of benzene rings is 1. The summed E-state index contributed by atoms with van der Waals surface area (Å²) in [7, 11) is 0. The molecule has 0 amide bonds. The number of nitrogens with zero attached hydrogens (tertiary/aromatic N) is 3. The molecule has 0 unspecified atom stereocenters. The second-order valence-electron chi connectivity index (χ2n) is 4.00. The molecule has 0 radical (unpaired) electrons. The van der Waals surface area contributed by atoms with Gasteiger partial charge in [0, 0.05) is 5.75 Å². The van der Waals surface area contributed by atoms with Gasteiger partial charge in [-0.1, -0.05) is 23.1 Å². The van der Waals surface area contributed by atoms with Crippen LogP contribution in [0.15, 0.2) is 28.6 Å². The number of aliphatic hydroxyl groups is 1. The third kappa shape index (κ3) is 4.49. The molecule has 1 aromatic carbocycles. The van der Waals surface area contributed by atoms with E-state index in [9.17, 15) is 5.11 Å². The molecule has 0 aliphatic carbocycles. The van der Waals surface area contributed by atoms with Gasteiger partial charge in [-0.05, 0) is 31.2 Å². The number of rotatable bonds is 6. The smallest absolute Gasteiger partial charge is 0.174 e. The molecule has 1 N–H and O–H groups in total. The summed E-state index contributed by atoms with van der Waals surface area (Å²) in [6.45, 7) is 2.10. The predicted molar refractivity (Wildman–Crippen MR) is 78.0 cm³/mol. The largest absolute Gasteiger partial charge is 0.491 e. The van der Waals surface area contributed by atoms with Crippen molar-refractivity contribution in [2.45, 2.75) is 17.4 Å². The molecule has 0 fully saturated rings. The molecule has 1 aromatic heterocycles. The summed E-state index contributed by atoms with van der Waals surface area (Å²) in [6.07, 6.45) is -0.583. The van der Waals surface area contributed by atoms with Crippen molar-refractivity contribution >= 4 is 23.1 Å². The van der Waals surface area contributed by atoms with Gasteiger partial charge in [0.2, 0.25) is 0 Å². The minimum absolute atomic E-state index is 0.205. The topological polar surface area (TPSA) is 79.0 Å². The number of aromatic nitrogens is 2. The van der Waals surface area contributed by atoms with Gasteiger partial charge in [0.1, 0.15) is 17.4 Å². The van der Waals surface area contributed by atoms with Gasteiger partial charge in [-0.3, -0.25) is 0 Å². The summed E-state index contributed by atoms with van der Waals surface area (Å²) < 4.78 is 6.30. The summed E-state index contributed by atoms with van der Waals surface area (Å²) in [5.41, 5.74) is 0.583. The van der Waals surface area contributed by atoms with E-state index in [0.717, 1.165) is 9.35 Å². The van der Waals surface area contributed by atoms with Crippen molar-refractivity contribution < 1.29 is 9.84 Å². The lowest BCUT2D eigenvalue weighted by Crippen LogP contribution is -2.20. The second kappa shape index (κ2) is 7.24. The van der Waals surface area contributed by atoms with Crippen LogP contribution in [0.3, 0.4) is 0 Å². The van der Waals surface area contributed by atoms with E-state index in [2.05, 4.69) is 10.2 Å². The molecule has 104 valence electrons. The number of ether oxygens (including phenoxy) is 1. The van der Waals surface area contributed by atoms with E-state index in [1.807, 2.05) is 13.0 Å². The van der Waals surface area contributed by atoms with E-state index < -0.39 is 6.10 Å². The van der Waals surface area contributed by atoms with Crippen molar-refractivity contribution in [2.24, 2.45) is 0 Å². The molecule has 1 atom stereocenters. The van der Waals surface area contributed by atoms with Crippen LogP contribution in [0.25, 0.3) is 0 Å². The van der Waals surface area contributed by atoms with Crippen LogP contribution < -0.4 is 4.74 Å². The zero-order valence-electron chi connectivity index (χ0n) is 10.8. The Bertz CT molecular complexity index is 592. The van der Waals surface area contributed by atoms with E-state index in [4.69, 9.17) is 10.00 Å². The third-order valence-corrected chi connectivity index (χ3v) is 4.45. The molecule has 2 aromatic rings. The fourth-order valence-corrected chi connectivity index (χ4v) is 3.12. The van der Waals surface area contributed by atoms with Crippen molar-refractivity contribution in [3.05, 3.63) is 34.8 Å². The average molecular weight is 307 g/mol. The normalized spacial score (nSPS) is 11.8. The van der Waals surface area contributed by atoms with Gasteiger partial charge in [-0.25, -0.2) is 0 Å². The SMILES string of the molecule is Cc1nnc(SC[C@@H](O)COc2ccc(C#N)cc2)s1. The van der Waals surface area contributed by atoms with E-state index in [-0.39, 0.29) is 6.61 Å². The molecule has 0 bridgehead atoms. The maximum atomic E-state index is 9.84. The first-order valence-corrected chi connectivity index (χ1v) is 7.71. The molecule has 0 spiro atoms. The Morgan fingerprint density at radius 3 is 2.75 bits per heavy atom. The predicted octanol–water partition coefficient (Wildman–Crippen LogP) is 2.25. The van der Waals surface area contributed by atoms with Crippen molar-refractivity contribution in [1.29, 1.82) is 5.26 Å². The molecule has 0 aliphatic rings. The third-order valence-electron chi connectivity index (χ3n) is 2.33. The Morgan fingerprint density at radius 1 is 1.40 bits per heavy atom. The van der Waals surface area contributed by atoms with Gasteiger partial charge >= 0.3 is 0 Å². The number of aryl methyl sites for hydroxylation is 1. The van der Waals surface area contributed by atoms with Crippen LogP contribution in [-0.2, 0) is 0 Å². The molecule has 0 aliphatic heterocycles. The average Bonchev–Trinajstić information content (AvgIpc) is 2.89. The zero-order valence-corrected chi connectivity index (χ0v) is 12.4. The highest BCUT2D eigenvalue weighted by atomic mass is 32.2. The highest BCUT2D eigenvalue weighted by Gasteiger charge is 2.09. The first kappa shape index (κ1) is 14.8. The molecular weight excluding hydrogens is 294 g/mol. The number of nitriles is 1. The van der Waals surface area contributed by atoms with Crippen LogP contribution in [-0.4, -0.2) is 33.8 Å².